The van der Waals surface area contributed by atoms with Gasteiger partial charge in [0.2, 0.25) is 0 Å². The molecule has 1 aliphatic rings. The zero-order valence-corrected chi connectivity index (χ0v) is 17.6. The van der Waals surface area contributed by atoms with Crippen LogP contribution in [0, 0.1) is 5.82 Å². The predicted molar refractivity (Wildman–Crippen MR) is 108 cm³/mol. The molecule has 0 aliphatic carbocycles. The second-order valence-electron chi connectivity index (χ2n) is 7.74. The predicted octanol–water partition coefficient (Wildman–Crippen LogP) is 3.15. The summed E-state index contributed by atoms with van der Waals surface area (Å²) in [5.41, 5.74) is -0.441. The zero-order chi connectivity index (χ0) is 22.7. The highest BCUT2D eigenvalue weighted by Crippen LogP contribution is 2.31. The summed E-state index contributed by atoms with van der Waals surface area (Å²) in [6.45, 7) is 4.39. The molecule has 1 fully saturated rings. The molecule has 0 amide bonds. The fraction of sp³-hybridized carbons (Fsp3) is 0.476. The van der Waals surface area contributed by atoms with Crippen LogP contribution in [0.1, 0.15) is 23.5 Å². The Morgan fingerprint density at radius 3 is 2.59 bits per heavy atom. The highest BCUT2D eigenvalue weighted by molar-refractivity contribution is 5.54. The fourth-order valence-electron chi connectivity index (χ4n) is 3.78. The number of halogens is 4. The number of benzene rings is 1. The van der Waals surface area contributed by atoms with Gasteiger partial charge in [-0.15, -0.1) is 0 Å². The van der Waals surface area contributed by atoms with Crippen LogP contribution >= 0.6 is 0 Å². The van der Waals surface area contributed by atoms with Gasteiger partial charge < -0.3 is 4.74 Å². The molecule has 3 heterocycles. The van der Waals surface area contributed by atoms with Crippen molar-refractivity contribution in [1.29, 1.82) is 0 Å². The van der Waals surface area contributed by atoms with Crippen molar-refractivity contribution in [2.45, 2.75) is 25.6 Å². The minimum atomic E-state index is -4.57. The largest absolute Gasteiger partial charge is 0.435 e. The van der Waals surface area contributed by atoms with Crippen LogP contribution in [-0.4, -0.2) is 62.3 Å². The highest BCUT2D eigenvalue weighted by atomic mass is 19.4. The lowest BCUT2D eigenvalue weighted by Gasteiger charge is -2.26. The van der Waals surface area contributed by atoms with E-state index in [1.165, 1.54) is 25.4 Å². The van der Waals surface area contributed by atoms with E-state index < -0.39 is 17.7 Å². The third-order valence-electron chi connectivity index (χ3n) is 5.30. The summed E-state index contributed by atoms with van der Waals surface area (Å²) in [6, 6.07) is 5.84. The van der Waals surface area contributed by atoms with Gasteiger partial charge in [-0.25, -0.2) is 14.1 Å². The maximum Gasteiger partial charge on any atom is 0.435 e. The van der Waals surface area contributed by atoms with Crippen LogP contribution in [0.5, 0.6) is 0 Å². The summed E-state index contributed by atoms with van der Waals surface area (Å²) in [5.74, 6) is 0.229. The molecule has 1 aliphatic heterocycles. The number of rotatable bonds is 7. The Morgan fingerprint density at radius 1 is 1.09 bits per heavy atom. The van der Waals surface area contributed by atoms with Crippen molar-refractivity contribution in [2.24, 2.45) is 7.05 Å². The lowest BCUT2D eigenvalue weighted by atomic mass is 10.1. The van der Waals surface area contributed by atoms with E-state index in [4.69, 9.17) is 4.74 Å². The number of aromatic nitrogens is 5. The molecule has 1 aromatic carbocycles. The van der Waals surface area contributed by atoms with Crippen molar-refractivity contribution < 1.29 is 22.3 Å². The first-order valence-corrected chi connectivity index (χ1v) is 10.4. The van der Waals surface area contributed by atoms with Crippen molar-refractivity contribution in [1.82, 2.24) is 29.4 Å². The van der Waals surface area contributed by atoms with Gasteiger partial charge in [-0.05, 0) is 18.6 Å². The number of alkyl halides is 3. The van der Waals surface area contributed by atoms with Crippen LogP contribution in [-0.2, 0) is 30.9 Å². The van der Waals surface area contributed by atoms with E-state index >= 15 is 0 Å². The van der Waals surface area contributed by atoms with Crippen LogP contribution in [0.25, 0.3) is 11.4 Å². The van der Waals surface area contributed by atoms with Crippen molar-refractivity contribution in [3.8, 4) is 11.4 Å². The Kier molecular flexibility index (Phi) is 6.56. The molecular weight excluding hydrogens is 428 g/mol. The number of morpholine rings is 1. The standard InChI is InChI=1S/C21H24F4N6O/c1-29-14-16(19(27-29)21(23,24)25)13-18-26-20(15-4-2-5-17(22)12-15)28-31(18)7-3-6-30-8-10-32-11-9-30/h2,4-5,12,14H,3,6-11,13H2,1H3. The Hall–Kier alpha value is -2.79. The average molecular weight is 452 g/mol. The fourth-order valence-corrected chi connectivity index (χ4v) is 3.78. The normalized spacial score (nSPS) is 15.4. The summed E-state index contributed by atoms with van der Waals surface area (Å²) >= 11 is 0. The molecule has 3 aromatic rings. The van der Waals surface area contributed by atoms with E-state index in [0.717, 1.165) is 30.7 Å². The average Bonchev–Trinajstić information content (AvgIpc) is 3.32. The van der Waals surface area contributed by atoms with Gasteiger partial charge in [0.05, 0.1) is 13.2 Å². The van der Waals surface area contributed by atoms with Crippen LogP contribution in [0.4, 0.5) is 17.6 Å². The van der Waals surface area contributed by atoms with Crippen LogP contribution in [0.2, 0.25) is 0 Å². The molecule has 1 saturated heterocycles. The van der Waals surface area contributed by atoms with Crippen LogP contribution < -0.4 is 0 Å². The molecule has 0 spiro atoms. The third kappa shape index (κ3) is 5.33. The molecular formula is C21H24F4N6O. The van der Waals surface area contributed by atoms with Gasteiger partial charge in [-0.2, -0.15) is 23.4 Å². The van der Waals surface area contributed by atoms with E-state index in [-0.39, 0.29) is 17.8 Å². The quantitative estimate of drug-likeness (QED) is 0.516. The Morgan fingerprint density at radius 2 is 1.88 bits per heavy atom. The number of ether oxygens (including phenoxy) is 1. The first-order valence-electron chi connectivity index (χ1n) is 10.4. The SMILES string of the molecule is Cn1cc(Cc2nc(-c3cccc(F)c3)nn2CCCN2CCOCC2)c(C(F)(F)F)n1. The van der Waals surface area contributed by atoms with Gasteiger partial charge >= 0.3 is 6.18 Å². The Balaban J connectivity index is 1.59. The smallest absolute Gasteiger partial charge is 0.379 e. The summed E-state index contributed by atoms with van der Waals surface area (Å²) in [7, 11) is 1.45. The molecule has 32 heavy (non-hydrogen) atoms. The Labute approximate surface area is 182 Å². The van der Waals surface area contributed by atoms with E-state index in [0.29, 0.717) is 31.1 Å². The molecule has 0 N–H and O–H groups in total. The molecule has 2 aromatic heterocycles. The van der Waals surface area contributed by atoms with Gasteiger partial charge in [-0.1, -0.05) is 12.1 Å². The van der Waals surface area contributed by atoms with E-state index in [1.807, 2.05) is 0 Å². The molecule has 0 radical (unpaired) electrons. The summed E-state index contributed by atoms with van der Waals surface area (Å²) in [6.07, 6.45) is -2.55. The second-order valence-corrected chi connectivity index (χ2v) is 7.74. The van der Waals surface area contributed by atoms with E-state index in [2.05, 4.69) is 20.1 Å². The molecule has 0 bridgehead atoms. The van der Waals surface area contributed by atoms with Gasteiger partial charge in [0, 0.05) is 57.0 Å². The molecule has 7 nitrogen and oxygen atoms in total. The van der Waals surface area contributed by atoms with Crippen molar-refractivity contribution in [2.75, 3.05) is 32.8 Å². The second kappa shape index (κ2) is 9.37. The molecule has 0 unspecified atom stereocenters. The Bertz CT molecular complexity index is 1050. The maximum absolute atomic E-state index is 13.7. The number of aryl methyl sites for hydroxylation is 2. The first kappa shape index (κ1) is 22.4. The summed E-state index contributed by atoms with van der Waals surface area (Å²) in [5, 5.41) is 8.06. The van der Waals surface area contributed by atoms with Crippen LogP contribution in [0.3, 0.4) is 0 Å². The van der Waals surface area contributed by atoms with Crippen molar-refractivity contribution in [3.63, 3.8) is 0 Å². The maximum atomic E-state index is 13.7. The number of hydrogen-bond donors (Lipinski definition) is 0. The van der Waals surface area contributed by atoms with E-state index in [9.17, 15) is 17.6 Å². The summed E-state index contributed by atoms with van der Waals surface area (Å²) < 4.78 is 62.0. The third-order valence-corrected chi connectivity index (χ3v) is 5.30. The zero-order valence-electron chi connectivity index (χ0n) is 17.6. The molecule has 4 rings (SSSR count). The molecule has 11 heteroatoms. The minimum absolute atomic E-state index is 0.0209. The molecule has 172 valence electrons. The van der Waals surface area contributed by atoms with E-state index in [1.54, 1.807) is 16.8 Å². The number of nitrogens with zero attached hydrogens (tertiary/aromatic N) is 6. The van der Waals surface area contributed by atoms with Gasteiger partial charge in [0.1, 0.15) is 11.6 Å². The highest BCUT2D eigenvalue weighted by Gasteiger charge is 2.37. The van der Waals surface area contributed by atoms with Crippen molar-refractivity contribution >= 4 is 0 Å². The summed E-state index contributed by atoms with van der Waals surface area (Å²) in [4.78, 5) is 6.74. The van der Waals surface area contributed by atoms with Gasteiger partial charge in [0.25, 0.3) is 0 Å². The first-order chi connectivity index (χ1) is 15.3. The minimum Gasteiger partial charge on any atom is -0.379 e. The van der Waals surface area contributed by atoms with Crippen LogP contribution in [0.15, 0.2) is 30.5 Å². The molecule has 0 atom stereocenters. The topological polar surface area (TPSA) is 61.0 Å². The van der Waals surface area contributed by atoms with Crippen molar-refractivity contribution in [3.05, 3.63) is 53.4 Å². The molecule has 0 saturated carbocycles. The lowest BCUT2D eigenvalue weighted by Crippen LogP contribution is -2.37. The van der Waals surface area contributed by atoms with Gasteiger partial charge in [-0.3, -0.25) is 9.58 Å². The monoisotopic (exact) mass is 452 g/mol. The van der Waals surface area contributed by atoms with Gasteiger partial charge in [0.15, 0.2) is 11.5 Å². The number of hydrogen-bond acceptors (Lipinski definition) is 5. The lowest BCUT2D eigenvalue weighted by molar-refractivity contribution is -0.142.